The van der Waals surface area contributed by atoms with Gasteiger partial charge in [-0.1, -0.05) is 17.4 Å². The first-order valence-corrected chi connectivity index (χ1v) is 15.3. The standard InChI is InChI=1S/C25H26FN3O8S3/c1-5-10-29-16-9-8-15(26)11-17(16)38-25(29)28-19(31)13-40(34,35)12-18(30)27-22-20(23(32)36-6-2)14(4)21(39-22)24(33)37-7-3/h5,8-9,11H,1,6-7,10,12-13H2,2-4H3,(H,27,30). The molecule has 0 aliphatic heterocycles. The maximum absolute atomic E-state index is 13.6. The molecule has 0 saturated heterocycles. The van der Waals surface area contributed by atoms with Gasteiger partial charge in [0, 0.05) is 6.54 Å². The number of fused-ring (bicyclic) bond motifs is 1. The number of allylic oxidation sites excluding steroid dienone is 1. The van der Waals surface area contributed by atoms with Crippen molar-refractivity contribution in [2.75, 3.05) is 30.0 Å². The first-order chi connectivity index (χ1) is 18.9. The summed E-state index contributed by atoms with van der Waals surface area (Å²) in [5.41, 5.74) is 0.704. The Bertz CT molecular complexity index is 1670. The predicted molar refractivity (Wildman–Crippen MR) is 149 cm³/mol. The van der Waals surface area contributed by atoms with Crippen LogP contribution >= 0.6 is 22.7 Å². The number of anilines is 1. The smallest absolute Gasteiger partial charge is 0.348 e. The number of rotatable bonds is 11. The molecule has 0 saturated carbocycles. The fourth-order valence-electron chi connectivity index (χ4n) is 3.62. The molecule has 1 N–H and O–H groups in total. The lowest BCUT2D eigenvalue weighted by molar-refractivity contribution is -0.115. The van der Waals surface area contributed by atoms with Gasteiger partial charge in [-0.15, -0.1) is 17.9 Å². The number of sulfone groups is 1. The van der Waals surface area contributed by atoms with Crippen molar-refractivity contribution in [3.63, 3.8) is 0 Å². The van der Waals surface area contributed by atoms with Gasteiger partial charge in [0.2, 0.25) is 5.91 Å². The fourth-order valence-corrected chi connectivity index (χ4v) is 6.82. The van der Waals surface area contributed by atoms with Gasteiger partial charge in [-0.3, -0.25) is 9.59 Å². The summed E-state index contributed by atoms with van der Waals surface area (Å²) in [7, 11) is -4.30. The van der Waals surface area contributed by atoms with Crippen LogP contribution in [0.1, 0.15) is 39.4 Å². The van der Waals surface area contributed by atoms with E-state index >= 15 is 0 Å². The SMILES string of the molecule is C=CCn1c(=NC(=O)CS(=O)(=O)CC(=O)Nc2sc(C(=O)OCC)c(C)c2C(=O)OCC)sc2cc(F)ccc21. The Morgan fingerprint density at radius 1 is 1.10 bits per heavy atom. The minimum absolute atomic E-state index is 0.0256. The summed E-state index contributed by atoms with van der Waals surface area (Å²) in [6, 6.07) is 4.04. The molecule has 0 atom stereocenters. The molecule has 0 bridgehead atoms. The highest BCUT2D eigenvalue weighted by Gasteiger charge is 2.29. The zero-order valence-corrected chi connectivity index (χ0v) is 24.3. The summed E-state index contributed by atoms with van der Waals surface area (Å²) in [4.78, 5) is 54.1. The van der Waals surface area contributed by atoms with Crippen LogP contribution in [0, 0.1) is 12.7 Å². The number of hydrogen-bond donors (Lipinski definition) is 1. The predicted octanol–water partition coefficient (Wildman–Crippen LogP) is 3.23. The number of aromatic nitrogens is 1. The fraction of sp³-hybridized carbons (Fsp3) is 0.320. The molecule has 1 aromatic carbocycles. The molecule has 2 heterocycles. The first kappa shape index (κ1) is 30.8. The lowest BCUT2D eigenvalue weighted by atomic mass is 10.1. The van der Waals surface area contributed by atoms with Gasteiger partial charge in [0.1, 0.15) is 27.2 Å². The zero-order valence-electron chi connectivity index (χ0n) is 21.8. The van der Waals surface area contributed by atoms with Gasteiger partial charge in [0.25, 0.3) is 5.91 Å². The van der Waals surface area contributed by atoms with Gasteiger partial charge < -0.3 is 19.4 Å². The van der Waals surface area contributed by atoms with Crippen molar-refractivity contribution in [3.8, 4) is 0 Å². The minimum Gasteiger partial charge on any atom is -0.462 e. The number of thiophene rings is 1. The molecular formula is C25H26FN3O8S3. The van der Waals surface area contributed by atoms with Crippen molar-refractivity contribution < 1.29 is 41.5 Å². The Balaban J connectivity index is 1.82. The van der Waals surface area contributed by atoms with E-state index in [1.54, 1.807) is 24.5 Å². The first-order valence-electron chi connectivity index (χ1n) is 11.9. The average Bonchev–Trinajstić information content (AvgIpc) is 3.34. The van der Waals surface area contributed by atoms with Crippen LogP contribution in [0.3, 0.4) is 0 Å². The van der Waals surface area contributed by atoms with Crippen LogP contribution < -0.4 is 10.1 Å². The molecule has 2 amide bonds. The second kappa shape index (κ2) is 13.1. The largest absolute Gasteiger partial charge is 0.462 e. The molecule has 0 aliphatic rings. The third-order valence-electron chi connectivity index (χ3n) is 5.21. The maximum Gasteiger partial charge on any atom is 0.348 e. The lowest BCUT2D eigenvalue weighted by Gasteiger charge is -2.07. The highest BCUT2D eigenvalue weighted by Crippen LogP contribution is 2.34. The number of nitrogens with zero attached hydrogens (tertiary/aromatic N) is 2. The summed E-state index contributed by atoms with van der Waals surface area (Å²) >= 11 is 1.74. The molecule has 0 spiro atoms. The topological polar surface area (TPSA) is 150 Å². The van der Waals surface area contributed by atoms with Crippen molar-refractivity contribution in [3.05, 3.63) is 57.5 Å². The van der Waals surface area contributed by atoms with Crippen molar-refractivity contribution in [1.29, 1.82) is 0 Å². The van der Waals surface area contributed by atoms with Crippen LogP contribution in [0.4, 0.5) is 9.39 Å². The van der Waals surface area contributed by atoms with Crippen LogP contribution in [0.15, 0.2) is 35.8 Å². The molecule has 3 rings (SSSR count). The maximum atomic E-state index is 13.6. The van der Waals surface area contributed by atoms with E-state index in [1.165, 1.54) is 25.1 Å². The number of ether oxygens (including phenoxy) is 2. The number of amides is 2. The van der Waals surface area contributed by atoms with E-state index in [0.29, 0.717) is 10.2 Å². The number of thiazole rings is 1. The number of benzene rings is 1. The van der Waals surface area contributed by atoms with Gasteiger partial charge in [-0.2, -0.15) is 4.99 Å². The van der Waals surface area contributed by atoms with Crippen molar-refractivity contribution in [2.24, 2.45) is 4.99 Å². The third kappa shape index (κ3) is 7.28. The number of hydrogen-bond acceptors (Lipinski definition) is 10. The van der Waals surface area contributed by atoms with Gasteiger partial charge in [-0.25, -0.2) is 22.4 Å². The summed E-state index contributed by atoms with van der Waals surface area (Å²) in [6.45, 7) is 8.65. The number of carbonyl (C=O) groups is 4. The normalized spacial score (nSPS) is 11.8. The Labute approximate surface area is 236 Å². The summed E-state index contributed by atoms with van der Waals surface area (Å²) in [5.74, 6) is -6.22. The molecular weight excluding hydrogens is 585 g/mol. The zero-order chi connectivity index (χ0) is 29.6. The molecule has 2 aromatic heterocycles. The molecule has 0 radical (unpaired) electrons. The van der Waals surface area contributed by atoms with Gasteiger partial charge >= 0.3 is 11.9 Å². The molecule has 40 heavy (non-hydrogen) atoms. The van der Waals surface area contributed by atoms with Crippen LogP contribution in [0.2, 0.25) is 0 Å². The molecule has 0 unspecified atom stereocenters. The highest BCUT2D eigenvalue weighted by atomic mass is 32.2. The number of esters is 2. The van der Waals surface area contributed by atoms with E-state index in [2.05, 4.69) is 16.9 Å². The number of halogens is 1. The molecule has 214 valence electrons. The van der Waals surface area contributed by atoms with Crippen molar-refractivity contribution in [2.45, 2.75) is 27.3 Å². The van der Waals surface area contributed by atoms with E-state index in [0.717, 1.165) is 22.7 Å². The van der Waals surface area contributed by atoms with Gasteiger partial charge in [0.15, 0.2) is 14.6 Å². The van der Waals surface area contributed by atoms with Crippen molar-refractivity contribution >= 4 is 71.5 Å². The average molecular weight is 612 g/mol. The number of carbonyl (C=O) groups excluding carboxylic acids is 4. The molecule has 3 aromatic rings. The monoisotopic (exact) mass is 611 g/mol. The quantitative estimate of drug-likeness (QED) is 0.257. The highest BCUT2D eigenvalue weighted by molar-refractivity contribution is 7.92. The van der Waals surface area contributed by atoms with Gasteiger partial charge in [-0.05, 0) is 44.5 Å². The second-order valence-corrected chi connectivity index (χ2v) is 12.3. The summed E-state index contributed by atoms with van der Waals surface area (Å²) in [5, 5.41) is 2.25. The summed E-state index contributed by atoms with van der Waals surface area (Å²) < 4.78 is 51.1. The third-order valence-corrected chi connectivity index (χ3v) is 8.83. The molecule has 0 fully saturated rings. The van der Waals surface area contributed by atoms with Gasteiger partial charge in [0.05, 0.1) is 29.0 Å². The van der Waals surface area contributed by atoms with Crippen LogP contribution in [0.25, 0.3) is 10.2 Å². The Morgan fingerprint density at radius 3 is 2.42 bits per heavy atom. The van der Waals surface area contributed by atoms with E-state index in [1.807, 2.05) is 0 Å². The molecule has 15 heteroatoms. The van der Waals surface area contributed by atoms with Crippen molar-refractivity contribution in [1.82, 2.24) is 4.57 Å². The second-order valence-electron chi connectivity index (χ2n) is 8.18. The Kier molecular flexibility index (Phi) is 10.1. The Morgan fingerprint density at radius 2 is 1.77 bits per heavy atom. The van der Waals surface area contributed by atoms with E-state index in [-0.39, 0.29) is 45.6 Å². The lowest BCUT2D eigenvalue weighted by Crippen LogP contribution is -2.28. The molecule has 0 aliphatic carbocycles. The van der Waals surface area contributed by atoms with Crippen LogP contribution in [-0.4, -0.2) is 61.5 Å². The van der Waals surface area contributed by atoms with Crippen LogP contribution in [0.5, 0.6) is 0 Å². The number of nitrogens with one attached hydrogen (secondary N) is 1. The van der Waals surface area contributed by atoms with E-state index < -0.39 is 50.9 Å². The molecule has 11 nitrogen and oxygen atoms in total. The van der Waals surface area contributed by atoms with E-state index in [9.17, 15) is 32.0 Å². The van der Waals surface area contributed by atoms with E-state index in [4.69, 9.17) is 9.47 Å². The summed E-state index contributed by atoms with van der Waals surface area (Å²) in [6.07, 6.45) is 1.55. The van der Waals surface area contributed by atoms with Crippen LogP contribution in [-0.2, 0) is 35.4 Å². The minimum atomic E-state index is -4.30. The Hall–Kier alpha value is -3.69.